The Morgan fingerprint density at radius 1 is 0.955 bits per heavy atom. The van der Waals surface area contributed by atoms with E-state index in [0.29, 0.717) is 17.3 Å². The first-order valence-corrected chi connectivity index (χ1v) is 8.63. The van der Waals surface area contributed by atoms with Gasteiger partial charge in [-0.15, -0.1) is 0 Å². The highest BCUT2D eigenvalue weighted by Gasteiger charge is 2.18. The molecular weight excluding hydrogens is 300 g/mol. The van der Waals surface area contributed by atoms with Gasteiger partial charge < -0.3 is 9.84 Å². The molecule has 118 valence electrons. The molecule has 2 aromatic carbocycles. The van der Waals surface area contributed by atoms with Crippen molar-refractivity contribution in [3.05, 3.63) is 59.7 Å². The van der Waals surface area contributed by atoms with Crippen LogP contribution in [-0.4, -0.2) is 18.8 Å². The average Bonchev–Trinajstić information content (AvgIpc) is 2.53. The summed E-state index contributed by atoms with van der Waals surface area (Å²) >= 11 is 0. The lowest BCUT2D eigenvalue weighted by Crippen LogP contribution is -2.13. The summed E-state index contributed by atoms with van der Waals surface area (Å²) in [5.74, 6) is 0.705. The lowest BCUT2D eigenvalue weighted by molar-refractivity contribution is 0.280. The molecule has 0 aliphatic heterocycles. The normalized spacial score (nSPS) is 11.6. The lowest BCUT2D eigenvalue weighted by Gasteiger charge is -2.10. The van der Waals surface area contributed by atoms with Gasteiger partial charge in [0, 0.05) is 0 Å². The van der Waals surface area contributed by atoms with Gasteiger partial charge in [0.2, 0.25) is 0 Å². The third kappa shape index (κ3) is 3.87. The Balaban J connectivity index is 2.02. The average molecular weight is 320 g/mol. The van der Waals surface area contributed by atoms with Gasteiger partial charge in [-0.2, -0.15) is 0 Å². The fourth-order valence-corrected chi connectivity index (χ4v) is 2.97. The molecule has 0 saturated carbocycles. The Bertz CT molecular complexity index is 701. The van der Waals surface area contributed by atoms with Crippen molar-refractivity contribution in [3.63, 3.8) is 0 Å². The van der Waals surface area contributed by atoms with Gasteiger partial charge in [0.1, 0.15) is 12.4 Å². The number of sulfone groups is 1. The molecule has 0 atom stereocenters. The predicted octanol–water partition coefficient (Wildman–Crippen LogP) is 2.94. The Labute approximate surface area is 131 Å². The minimum absolute atomic E-state index is 0.00602. The van der Waals surface area contributed by atoms with Crippen LogP contribution in [0.3, 0.4) is 0 Å². The minimum atomic E-state index is -3.23. The van der Waals surface area contributed by atoms with E-state index in [1.165, 1.54) is 0 Å². The van der Waals surface area contributed by atoms with E-state index in [9.17, 15) is 8.42 Å². The van der Waals surface area contributed by atoms with Crippen molar-refractivity contribution < 1.29 is 18.3 Å². The lowest BCUT2D eigenvalue weighted by atomic mass is 10.2. The Morgan fingerprint density at radius 2 is 1.50 bits per heavy atom. The van der Waals surface area contributed by atoms with Crippen LogP contribution in [0.2, 0.25) is 0 Å². The van der Waals surface area contributed by atoms with E-state index in [2.05, 4.69) is 0 Å². The minimum Gasteiger partial charge on any atom is -0.489 e. The van der Waals surface area contributed by atoms with Crippen LogP contribution in [-0.2, 0) is 23.1 Å². The molecule has 0 aromatic heterocycles. The molecule has 5 heteroatoms. The molecule has 0 amide bonds. The summed E-state index contributed by atoms with van der Waals surface area (Å²) in [5, 5.41) is 8.55. The van der Waals surface area contributed by atoms with E-state index in [1.807, 2.05) is 0 Å². The van der Waals surface area contributed by atoms with Crippen LogP contribution in [0, 0.1) is 0 Å². The Morgan fingerprint density at radius 3 is 2.00 bits per heavy atom. The second-order valence-electron chi connectivity index (χ2n) is 5.33. The summed E-state index contributed by atoms with van der Waals surface area (Å²) < 4.78 is 29.7. The molecule has 0 saturated heterocycles. The second kappa shape index (κ2) is 6.94. The van der Waals surface area contributed by atoms with Crippen LogP contribution in [0.15, 0.2) is 53.4 Å². The van der Waals surface area contributed by atoms with E-state index in [4.69, 9.17) is 9.84 Å². The number of benzene rings is 2. The fraction of sp³-hybridized carbons (Fsp3) is 0.294. The van der Waals surface area contributed by atoms with Gasteiger partial charge in [0.25, 0.3) is 0 Å². The number of hydrogen-bond acceptors (Lipinski definition) is 4. The van der Waals surface area contributed by atoms with Crippen molar-refractivity contribution in [2.24, 2.45) is 0 Å². The monoisotopic (exact) mass is 320 g/mol. The molecule has 0 unspecified atom stereocenters. The summed E-state index contributed by atoms with van der Waals surface area (Å²) in [5.41, 5.74) is 1.73. The van der Waals surface area contributed by atoms with Crippen molar-refractivity contribution in [2.75, 3.05) is 0 Å². The summed E-state index contributed by atoms with van der Waals surface area (Å²) in [7, 11) is -3.23. The topological polar surface area (TPSA) is 63.6 Å². The van der Waals surface area contributed by atoms with Gasteiger partial charge in [-0.05, 0) is 49.2 Å². The van der Waals surface area contributed by atoms with E-state index in [1.54, 1.807) is 62.4 Å². The van der Waals surface area contributed by atoms with Crippen LogP contribution in [0.25, 0.3) is 0 Å². The maximum atomic E-state index is 12.0. The van der Waals surface area contributed by atoms with E-state index in [-0.39, 0.29) is 6.61 Å². The van der Waals surface area contributed by atoms with Gasteiger partial charge in [-0.3, -0.25) is 0 Å². The quantitative estimate of drug-likeness (QED) is 0.889. The number of ether oxygens (including phenoxy) is 1. The predicted molar refractivity (Wildman–Crippen MR) is 85.5 cm³/mol. The molecule has 2 aromatic rings. The first-order chi connectivity index (χ1) is 10.4. The van der Waals surface area contributed by atoms with Gasteiger partial charge in [0.05, 0.1) is 16.8 Å². The van der Waals surface area contributed by atoms with Crippen LogP contribution in [0.1, 0.15) is 25.0 Å². The van der Waals surface area contributed by atoms with Gasteiger partial charge >= 0.3 is 0 Å². The molecule has 0 bridgehead atoms. The molecule has 2 rings (SSSR count). The number of aliphatic hydroxyl groups is 1. The molecular formula is C17H20O4S. The van der Waals surface area contributed by atoms with Gasteiger partial charge in [0.15, 0.2) is 9.84 Å². The molecule has 4 nitrogen and oxygen atoms in total. The maximum absolute atomic E-state index is 12.0. The highest BCUT2D eigenvalue weighted by Crippen LogP contribution is 2.18. The van der Waals surface area contributed by atoms with E-state index < -0.39 is 15.1 Å². The van der Waals surface area contributed by atoms with E-state index >= 15 is 0 Å². The Hall–Kier alpha value is -1.85. The van der Waals surface area contributed by atoms with Crippen LogP contribution >= 0.6 is 0 Å². The van der Waals surface area contributed by atoms with Gasteiger partial charge in [-0.1, -0.05) is 24.3 Å². The summed E-state index contributed by atoms with van der Waals surface area (Å²) in [6.45, 7) is 3.71. The van der Waals surface area contributed by atoms with E-state index in [0.717, 1.165) is 11.1 Å². The van der Waals surface area contributed by atoms with Crippen LogP contribution < -0.4 is 4.74 Å². The molecule has 0 radical (unpaired) electrons. The second-order valence-corrected chi connectivity index (χ2v) is 7.83. The summed E-state index contributed by atoms with van der Waals surface area (Å²) in [6, 6.07) is 13.9. The Kier molecular flexibility index (Phi) is 5.21. The molecule has 0 fully saturated rings. The fourth-order valence-electron chi connectivity index (χ4n) is 1.91. The molecule has 1 N–H and O–H groups in total. The summed E-state index contributed by atoms with van der Waals surface area (Å²) in [4.78, 5) is 0.332. The first kappa shape index (κ1) is 16.5. The van der Waals surface area contributed by atoms with Crippen LogP contribution in [0.5, 0.6) is 5.75 Å². The molecule has 0 heterocycles. The summed E-state index contributed by atoms with van der Waals surface area (Å²) in [6.07, 6.45) is 0. The standard InChI is InChI=1S/C17H20O4S/c1-13(2)22(19,20)17-9-5-15(6-10-17)12-21-16-7-3-14(11-18)4-8-16/h3-10,13,18H,11-12H2,1-2H3. The number of hydrogen-bond donors (Lipinski definition) is 1. The van der Waals surface area contributed by atoms with Crippen molar-refractivity contribution in [3.8, 4) is 5.75 Å². The smallest absolute Gasteiger partial charge is 0.180 e. The third-order valence-electron chi connectivity index (χ3n) is 3.38. The third-order valence-corrected chi connectivity index (χ3v) is 5.55. The van der Waals surface area contributed by atoms with Gasteiger partial charge in [-0.25, -0.2) is 8.42 Å². The van der Waals surface area contributed by atoms with Crippen molar-refractivity contribution in [2.45, 2.75) is 37.2 Å². The molecule has 0 aliphatic carbocycles. The van der Waals surface area contributed by atoms with Crippen molar-refractivity contribution >= 4 is 9.84 Å². The molecule has 0 spiro atoms. The first-order valence-electron chi connectivity index (χ1n) is 7.09. The highest BCUT2D eigenvalue weighted by molar-refractivity contribution is 7.92. The SMILES string of the molecule is CC(C)S(=O)(=O)c1ccc(COc2ccc(CO)cc2)cc1. The zero-order valence-corrected chi connectivity index (χ0v) is 13.5. The zero-order chi connectivity index (χ0) is 16.2. The maximum Gasteiger partial charge on any atom is 0.180 e. The number of rotatable bonds is 6. The molecule has 22 heavy (non-hydrogen) atoms. The molecule has 0 aliphatic rings. The van der Waals surface area contributed by atoms with Crippen molar-refractivity contribution in [1.82, 2.24) is 0 Å². The highest BCUT2D eigenvalue weighted by atomic mass is 32.2. The van der Waals surface area contributed by atoms with Crippen LogP contribution in [0.4, 0.5) is 0 Å². The largest absolute Gasteiger partial charge is 0.489 e. The number of aliphatic hydroxyl groups excluding tert-OH is 1. The zero-order valence-electron chi connectivity index (χ0n) is 12.7. The van der Waals surface area contributed by atoms with Crippen molar-refractivity contribution in [1.29, 1.82) is 0 Å².